The summed E-state index contributed by atoms with van der Waals surface area (Å²) in [6.45, 7) is 0. The van der Waals surface area contributed by atoms with Crippen LogP contribution in [0.3, 0.4) is 0 Å². The molecule has 1 fully saturated rings. The highest BCUT2D eigenvalue weighted by Gasteiger charge is 2.31. The van der Waals surface area contributed by atoms with E-state index in [0.29, 0.717) is 17.9 Å². The van der Waals surface area contributed by atoms with Crippen molar-refractivity contribution in [3.05, 3.63) is 29.3 Å². The first-order valence-corrected chi connectivity index (χ1v) is 8.83. The monoisotopic (exact) mass is 330 g/mol. The zero-order valence-corrected chi connectivity index (χ0v) is 13.2. The molecule has 1 aromatic rings. The summed E-state index contributed by atoms with van der Waals surface area (Å²) in [5.41, 5.74) is 5.41. The van der Waals surface area contributed by atoms with Crippen LogP contribution in [0.25, 0.3) is 0 Å². The van der Waals surface area contributed by atoms with Crippen LogP contribution in [0, 0.1) is 5.92 Å². The van der Waals surface area contributed by atoms with Crippen molar-refractivity contribution in [2.24, 2.45) is 11.7 Å². The summed E-state index contributed by atoms with van der Waals surface area (Å²) in [6, 6.07) is 5.50. The molecule has 7 heteroatoms. The number of amides is 1. The number of carbonyl (C=O) groups excluding carboxylic acids is 1. The maximum atomic E-state index is 12.4. The first-order chi connectivity index (χ1) is 9.90. The summed E-state index contributed by atoms with van der Waals surface area (Å²) in [4.78, 5) is 11.7. The average molecular weight is 331 g/mol. The Labute approximate surface area is 129 Å². The van der Waals surface area contributed by atoms with Gasteiger partial charge >= 0.3 is 0 Å². The van der Waals surface area contributed by atoms with Gasteiger partial charge in [0.15, 0.2) is 0 Å². The molecule has 116 valence electrons. The molecular weight excluding hydrogens is 312 g/mol. The van der Waals surface area contributed by atoms with Crippen LogP contribution in [0.4, 0.5) is 0 Å². The summed E-state index contributed by atoms with van der Waals surface area (Å²) in [5.74, 6) is -0.893. The second kappa shape index (κ2) is 6.77. The number of halogens is 1. The lowest BCUT2D eigenvalue weighted by atomic mass is 9.95. The van der Waals surface area contributed by atoms with Crippen LogP contribution in [0.15, 0.2) is 29.2 Å². The van der Waals surface area contributed by atoms with Crippen molar-refractivity contribution in [1.82, 2.24) is 4.72 Å². The number of nitrogens with one attached hydrogen (secondary N) is 1. The lowest BCUT2D eigenvalue weighted by molar-refractivity contribution is -0.122. The Kier molecular flexibility index (Phi) is 5.24. The molecule has 1 aliphatic rings. The van der Waals surface area contributed by atoms with Gasteiger partial charge in [0.2, 0.25) is 15.9 Å². The molecule has 0 radical (unpaired) electrons. The zero-order valence-electron chi connectivity index (χ0n) is 11.6. The third-order valence-corrected chi connectivity index (χ3v) is 5.57. The fourth-order valence-electron chi connectivity index (χ4n) is 2.67. The number of sulfonamides is 1. The Balaban J connectivity index is 2.20. The van der Waals surface area contributed by atoms with E-state index in [1.165, 1.54) is 24.3 Å². The second-order valence-electron chi connectivity index (χ2n) is 5.33. The minimum atomic E-state index is -3.68. The van der Waals surface area contributed by atoms with Gasteiger partial charge in [0.05, 0.1) is 10.8 Å². The Morgan fingerprint density at radius 1 is 1.14 bits per heavy atom. The van der Waals surface area contributed by atoms with Crippen LogP contribution in [0.5, 0.6) is 0 Å². The number of rotatable bonds is 4. The van der Waals surface area contributed by atoms with Gasteiger partial charge < -0.3 is 5.73 Å². The smallest absolute Gasteiger partial charge is 0.240 e. The quantitative estimate of drug-likeness (QED) is 0.828. The molecule has 1 saturated carbocycles. The number of benzene rings is 1. The molecule has 0 spiro atoms. The van der Waals surface area contributed by atoms with Gasteiger partial charge in [0.1, 0.15) is 0 Å². The maximum absolute atomic E-state index is 12.4. The van der Waals surface area contributed by atoms with Crippen molar-refractivity contribution in [3.63, 3.8) is 0 Å². The second-order valence-corrected chi connectivity index (χ2v) is 7.48. The van der Waals surface area contributed by atoms with Gasteiger partial charge in [-0.15, -0.1) is 0 Å². The fraction of sp³-hybridized carbons (Fsp3) is 0.500. The summed E-state index contributed by atoms with van der Waals surface area (Å²) >= 11 is 5.76. The molecular formula is C14H19ClN2O3S. The summed E-state index contributed by atoms with van der Waals surface area (Å²) in [6.07, 6.45) is 4.02. The SMILES string of the molecule is NC(=O)[C@@H]1CCCCC[C@@H]1NS(=O)(=O)c1ccc(Cl)cc1. The number of hydrogen-bond donors (Lipinski definition) is 2. The Bertz CT molecular complexity index is 601. The Hall–Kier alpha value is -1.11. The van der Waals surface area contributed by atoms with E-state index in [9.17, 15) is 13.2 Å². The van der Waals surface area contributed by atoms with E-state index in [2.05, 4.69) is 4.72 Å². The van der Waals surface area contributed by atoms with Gasteiger partial charge in [0, 0.05) is 11.1 Å². The topological polar surface area (TPSA) is 89.3 Å². The van der Waals surface area contributed by atoms with Crippen LogP contribution in [0.1, 0.15) is 32.1 Å². The van der Waals surface area contributed by atoms with Crippen molar-refractivity contribution < 1.29 is 13.2 Å². The average Bonchev–Trinajstić information content (AvgIpc) is 2.64. The molecule has 1 aliphatic carbocycles. The highest BCUT2D eigenvalue weighted by atomic mass is 35.5. The third kappa shape index (κ3) is 4.18. The molecule has 1 amide bonds. The van der Waals surface area contributed by atoms with E-state index < -0.39 is 27.9 Å². The number of carbonyl (C=O) groups is 1. The molecule has 0 saturated heterocycles. The van der Waals surface area contributed by atoms with Crippen LogP contribution in [-0.4, -0.2) is 20.4 Å². The van der Waals surface area contributed by atoms with E-state index >= 15 is 0 Å². The molecule has 1 aromatic carbocycles. The predicted octanol–water partition coefficient (Wildman–Crippen LogP) is 2.05. The van der Waals surface area contributed by atoms with Gasteiger partial charge in [-0.3, -0.25) is 4.79 Å². The summed E-state index contributed by atoms with van der Waals surface area (Å²) in [7, 11) is -3.68. The Morgan fingerprint density at radius 2 is 1.76 bits per heavy atom. The van der Waals surface area contributed by atoms with Crippen LogP contribution < -0.4 is 10.5 Å². The number of nitrogens with two attached hydrogens (primary N) is 1. The molecule has 0 aliphatic heterocycles. The minimum absolute atomic E-state index is 0.138. The highest BCUT2D eigenvalue weighted by molar-refractivity contribution is 7.89. The van der Waals surface area contributed by atoms with Crippen molar-refractivity contribution in [1.29, 1.82) is 0 Å². The van der Waals surface area contributed by atoms with Gasteiger partial charge in [-0.25, -0.2) is 13.1 Å². The fourth-order valence-corrected chi connectivity index (χ4v) is 4.11. The zero-order chi connectivity index (χ0) is 15.5. The van der Waals surface area contributed by atoms with Gasteiger partial charge in [-0.05, 0) is 37.1 Å². The van der Waals surface area contributed by atoms with Crippen molar-refractivity contribution in [3.8, 4) is 0 Å². The molecule has 3 N–H and O–H groups in total. The van der Waals surface area contributed by atoms with Crippen molar-refractivity contribution in [2.75, 3.05) is 0 Å². The third-order valence-electron chi connectivity index (χ3n) is 3.81. The normalized spacial score (nSPS) is 23.5. The van der Waals surface area contributed by atoms with Gasteiger partial charge in [-0.2, -0.15) is 0 Å². The lowest BCUT2D eigenvalue weighted by Crippen LogP contribution is -2.44. The van der Waals surface area contributed by atoms with Gasteiger partial charge in [-0.1, -0.05) is 30.9 Å². The standard InChI is InChI=1S/C14H19ClN2O3S/c15-10-6-8-11(9-7-10)21(19,20)17-13-5-3-1-2-4-12(13)14(16)18/h6-9,12-13,17H,1-5H2,(H2,16,18)/t12-,13+/m1/s1. The summed E-state index contributed by atoms with van der Waals surface area (Å²) < 4.78 is 27.4. The first kappa shape index (κ1) is 16.3. The predicted molar refractivity (Wildman–Crippen MR) is 81.3 cm³/mol. The van der Waals surface area contributed by atoms with E-state index in [1.54, 1.807) is 0 Å². The van der Waals surface area contributed by atoms with Crippen LogP contribution in [-0.2, 0) is 14.8 Å². The molecule has 2 atom stereocenters. The van der Waals surface area contributed by atoms with Gasteiger partial charge in [0.25, 0.3) is 0 Å². The molecule has 5 nitrogen and oxygen atoms in total. The summed E-state index contributed by atoms with van der Waals surface area (Å²) in [5, 5.41) is 0.471. The largest absolute Gasteiger partial charge is 0.369 e. The molecule has 21 heavy (non-hydrogen) atoms. The molecule has 0 aromatic heterocycles. The highest BCUT2D eigenvalue weighted by Crippen LogP contribution is 2.25. The number of primary amides is 1. The van der Waals surface area contributed by atoms with E-state index in [1.807, 2.05) is 0 Å². The number of hydrogen-bond acceptors (Lipinski definition) is 3. The maximum Gasteiger partial charge on any atom is 0.240 e. The molecule has 2 rings (SSSR count). The first-order valence-electron chi connectivity index (χ1n) is 6.97. The van der Waals surface area contributed by atoms with Crippen LogP contribution in [0.2, 0.25) is 5.02 Å². The Morgan fingerprint density at radius 3 is 2.38 bits per heavy atom. The van der Waals surface area contributed by atoms with E-state index in [-0.39, 0.29) is 4.90 Å². The minimum Gasteiger partial charge on any atom is -0.369 e. The molecule has 0 bridgehead atoms. The molecule has 0 heterocycles. The van der Waals surface area contributed by atoms with E-state index in [4.69, 9.17) is 17.3 Å². The van der Waals surface area contributed by atoms with Crippen molar-refractivity contribution in [2.45, 2.75) is 43.0 Å². The van der Waals surface area contributed by atoms with Crippen LogP contribution >= 0.6 is 11.6 Å². The van der Waals surface area contributed by atoms with E-state index in [0.717, 1.165) is 19.3 Å². The lowest BCUT2D eigenvalue weighted by Gasteiger charge is -2.23. The molecule has 0 unspecified atom stereocenters. The van der Waals surface area contributed by atoms with Crippen molar-refractivity contribution >= 4 is 27.5 Å².